The zero-order chi connectivity index (χ0) is 12.0. The molecule has 0 spiro atoms. The van der Waals surface area contributed by atoms with Gasteiger partial charge in [0.05, 0.1) is 5.60 Å². The summed E-state index contributed by atoms with van der Waals surface area (Å²) in [6, 6.07) is 6.61. The number of benzene rings is 1. The number of hydrogen-bond acceptors (Lipinski definition) is 1. The van der Waals surface area contributed by atoms with Gasteiger partial charge >= 0.3 is 0 Å². The van der Waals surface area contributed by atoms with Crippen LogP contribution in [0.3, 0.4) is 0 Å². The van der Waals surface area contributed by atoms with Crippen LogP contribution in [0.4, 0.5) is 0 Å². The fourth-order valence-electron chi connectivity index (χ4n) is 2.70. The lowest BCUT2D eigenvalue weighted by Gasteiger charge is -2.35. The van der Waals surface area contributed by atoms with Gasteiger partial charge in [0.25, 0.3) is 0 Å². The van der Waals surface area contributed by atoms with Gasteiger partial charge < -0.3 is 4.43 Å². The summed E-state index contributed by atoms with van der Waals surface area (Å²) in [5.41, 5.74) is 4.16. The molecule has 0 bridgehead atoms. The fraction of sp³-hybridized carbons (Fsp3) is 0.429. The quantitative estimate of drug-likeness (QED) is 0.724. The highest BCUT2D eigenvalue weighted by Crippen LogP contribution is 2.58. The molecule has 0 saturated heterocycles. The van der Waals surface area contributed by atoms with Crippen molar-refractivity contribution in [2.75, 3.05) is 0 Å². The minimum Gasteiger partial charge on any atom is -0.422 e. The second-order valence-electron chi connectivity index (χ2n) is 4.92. The monoisotopic (exact) mass is 232 g/mol. The summed E-state index contributed by atoms with van der Waals surface area (Å²) >= 11 is 0. The molecule has 0 aliphatic heterocycles. The second-order valence-corrected chi connectivity index (χ2v) is 5.33. The van der Waals surface area contributed by atoms with Gasteiger partial charge in [-0.15, -0.1) is 0 Å². The fourth-order valence-corrected chi connectivity index (χ4v) is 3.39. The summed E-state index contributed by atoms with van der Waals surface area (Å²) in [5, 5.41) is 0. The molecule has 0 heterocycles. The van der Waals surface area contributed by atoms with Crippen molar-refractivity contribution < 1.29 is 4.43 Å². The molecule has 2 rings (SSSR count). The predicted octanol–water partition coefficient (Wildman–Crippen LogP) is 2.41. The van der Waals surface area contributed by atoms with Gasteiger partial charge in [0.1, 0.15) is 10.5 Å². The first kappa shape index (κ1) is 11.6. The molecule has 0 saturated carbocycles. The summed E-state index contributed by atoms with van der Waals surface area (Å²) in [6.45, 7) is 10.6. The van der Waals surface area contributed by atoms with Crippen LogP contribution in [0.2, 0.25) is 0 Å². The van der Waals surface area contributed by atoms with Crippen LogP contribution in [-0.2, 0) is 9.84 Å². The van der Waals surface area contributed by atoms with Gasteiger partial charge in [0.15, 0.2) is 0 Å². The van der Waals surface area contributed by atoms with E-state index >= 15 is 0 Å². The third-order valence-electron chi connectivity index (χ3n) is 4.48. The maximum atomic E-state index is 5.88. The van der Waals surface area contributed by atoms with Crippen LogP contribution in [0.5, 0.6) is 0 Å². The van der Waals surface area contributed by atoms with Crippen LogP contribution in [-0.4, -0.2) is 16.1 Å². The third kappa shape index (κ3) is 1.26. The molecule has 1 aromatic carbocycles. The van der Waals surface area contributed by atoms with Crippen molar-refractivity contribution in [1.29, 1.82) is 0 Å². The van der Waals surface area contributed by atoms with Crippen LogP contribution in [0.1, 0.15) is 43.9 Å². The van der Waals surface area contributed by atoms with E-state index in [2.05, 4.69) is 45.5 Å². The van der Waals surface area contributed by atoms with E-state index in [-0.39, 0.29) is 11.0 Å². The number of fused-ring (bicyclic) bond motifs is 1. The molecule has 0 amide bonds. The molecule has 86 valence electrons. The third-order valence-corrected chi connectivity index (χ3v) is 5.38. The minimum atomic E-state index is -0.0403. The van der Waals surface area contributed by atoms with Crippen molar-refractivity contribution >= 4 is 16.6 Å². The van der Waals surface area contributed by atoms with E-state index < -0.39 is 0 Å². The summed E-state index contributed by atoms with van der Waals surface area (Å²) < 4.78 is 5.88. The average molecular weight is 232 g/mol. The van der Waals surface area contributed by atoms with Gasteiger partial charge in [-0.3, -0.25) is 0 Å². The van der Waals surface area contributed by atoms with Crippen molar-refractivity contribution in [3.63, 3.8) is 0 Å². The lowest BCUT2D eigenvalue weighted by atomic mass is 9.81. The van der Waals surface area contributed by atoms with E-state index in [1.54, 1.807) is 0 Å². The Labute approximate surface area is 101 Å². The molecule has 1 aromatic rings. The Morgan fingerprint density at radius 3 is 2.69 bits per heavy atom. The van der Waals surface area contributed by atoms with E-state index in [1.165, 1.54) is 16.7 Å². The molecule has 0 N–H and O–H groups in total. The van der Waals surface area contributed by atoms with Gasteiger partial charge in [-0.1, -0.05) is 37.8 Å². The largest absolute Gasteiger partial charge is 0.422 e. The summed E-state index contributed by atoms with van der Waals surface area (Å²) in [5.74, 6) is 0. The second kappa shape index (κ2) is 3.57. The van der Waals surface area contributed by atoms with Crippen LogP contribution < -0.4 is 0 Å². The molecule has 0 radical (unpaired) electrons. The SMILES string of the molecule is C=Cc1ccc2c(c1)C2(C)C(C)(CC)O[SiH3]. The predicted molar refractivity (Wildman–Crippen MR) is 72.7 cm³/mol. The van der Waals surface area contributed by atoms with Crippen molar-refractivity contribution in [3.8, 4) is 0 Å². The minimum absolute atomic E-state index is 0.0403. The standard InChI is InChI=1S/C14H20OSi/c1-5-10-7-8-11-12(9-10)14(11,4)13(3,6-2)15-16/h5,7-9H,1,6H2,2-4,16H3. The molecule has 1 aliphatic carbocycles. The first-order valence-corrected chi connectivity index (χ1v) is 6.67. The maximum absolute atomic E-state index is 5.88. The number of hydrogen-bond donors (Lipinski definition) is 0. The molecule has 0 aromatic heterocycles. The summed E-state index contributed by atoms with van der Waals surface area (Å²) in [6.07, 6.45) is 2.95. The molecule has 16 heavy (non-hydrogen) atoms. The Bertz CT molecular complexity index is 434. The Morgan fingerprint density at radius 2 is 2.19 bits per heavy atom. The van der Waals surface area contributed by atoms with E-state index in [9.17, 15) is 0 Å². The normalized spacial score (nSPS) is 25.9. The molecule has 2 unspecified atom stereocenters. The molecular formula is C14H20OSi. The molecular weight excluding hydrogens is 212 g/mol. The van der Waals surface area contributed by atoms with Crippen LogP contribution >= 0.6 is 0 Å². The van der Waals surface area contributed by atoms with Gasteiger partial charge in [-0.25, -0.2) is 0 Å². The summed E-state index contributed by atoms with van der Waals surface area (Å²) in [4.78, 5) is 0. The zero-order valence-electron chi connectivity index (χ0n) is 10.6. The van der Waals surface area contributed by atoms with E-state index in [0.717, 1.165) is 16.9 Å². The topological polar surface area (TPSA) is 9.23 Å². The van der Waals surface area contributed by atoms with E-state index in [0.29, 0.717) is 0 Å². The molecule has 2 atom stereocenters. The highest BCUT2D eigenvalue weighted by Gasteiger charge is 2.57. The average Bonchev–Trinajstić information content (AvgIpc) is 2.95. The molecule has 1 aliphatic rings. The maximum Gasteiger partial charge on any atom is 0.146 e. The molecule has 1 nitrogen and oxygen atoms in total. The Morgan fingerprint density at radius 1 is 1.50 bits per heavy atom. The Balaban J connectivity index is 2.42. The highest BCUT2D eigenvalue weighted by molar-refractivity contribution is 5.98. The molecule has 2 heteroatoms. The highest BCUT2D eigenvalue weighted by atomic mass is 28.2. The Hall–Kier alpha value is -0.863. The number of rotatable bonds is 4. The lowest BCUT2D eigenvalue weighted by molar-refractivity contribution is 0.0531. The molecule has 0 fully saturated rings. The zero-order valence-corrected chi connectivity index (χ0v) is 12.6. The first-order chi connectivity index (χ1) is 7.53. The van der Waals surface area contributed by atoms with Crippen LogP contribution in [0.25, 0.3) is 6.08 Å². The van der Waals surface area contributed by atoms with E-state index in [1.807, 2.05) is 6.08 Å². The van der Waals surface area contributed by atoms with E-state index in [4.69, 9.17) is 4.43 Å². The van der Waals surface area contributed by atoms with Crippen LogP contribution in [0.15, 0.2) is 24.8 Å². The van der Waals surface area contributed by atoms with Crippen molar-refractivity contribution in [2.24, 2.45) is 0 Å². The van der Waals surface area contributed by atoms with Crippen molar-refractivity contribution in [3.05, 3.63) is 41.5 Å². The van der Waals surface area contributed by atoms with Gasteiger partial charge in [0.2, 0.25) is 0 Å². The van der Waals surface area contributed by atoms with Crippen LogP contribution in [0, 0.1) is 0 Å². The van der Waals surface area contributed by atoms with Gasteiger partial charge in [0, 0.05) is 5.41 Å². The van der Waals surface area contributed by atoms with Crippen molar-refractivity contribution in [2.45, 2.75) is 38.2 Å². The smallest absolute Gasteiger partial charge is 0.146 e. The summed E-state index contributed by atoms with van der Waals surface area (Å²) in [7, 11) is 0.789. The van der Waals surface area contributed by atoms with Gasteiger partial charge in [-0.2, -0.15) is 0 Å². The lowest BCUT2D eigenvalue weighted by Crippen LogP contribution is -2.40. The first-order valence-electron chi connectivity index (χ1n) is 5.86. The van der Waals surface area contributed by atoms with Gasteiger partial charge in [-0.05, 0) is 37.0 Å². The Kier molecular flexibility index (Phi) is 2.59. The van der Waals surface area contributed by atoms with Crippen molar-refractivity contribution in [1.82, 2.24) is 0 Å².